The number of rotatable bonds is 4. The third-order valence-electron chi connectivity index (χ3n) is 3.27. The Hall–Kier alpha value is -2.05. The Morgan fingerprint density at radius 2 is 1.91 bits per heavy atom. The zero-order valence-corrected chi connectivity index (χ0v) is 13.4. The summed E-state index contributed by atoms with van der Waals surface area (Å²) in [5.74, 6) is -0.107. The normalized spacial score (nSPS) is 11.7. The van der Waals surface area contributed by atoms with Crippen molar-refractivity contribution in [2.24, 2.45) is 7.05 Å². The smallest absolute Gasteiger partial charge is 0.236 e. The van der Waals surface area contributed by atoms with Gasteiger partial charge in [0.2, 0.25) is 10.0 Å². The summed E-state index contributed by atoms with van der Waals surface area (Å²) in [4.78, 5) is 4.22. The van der Waals surface area contributed by atoms with Crippen LogP contribution in [0.4, 0.5) is 5.69 Å². The molecule has 0 atom stereocenters. The number of sulfonamides is 1. The van der Waals surface area contributed by atoms with E-state index >= 15 is 0 Å². The number of nitrogens with one attached hydrogen (secondary N) is 1. The number of aromatic nitrogens is 2. The minimum atomic E-state index is -3.49. The van der Waals surface area contributed by atoms with Gasteiger partial charge in [-0.25, -0.2) is 13.4 Å². The van der Waals surface area contributed by atoms with Crippen LogP contribution in [0, 0.1) is 0 Å². The Morgan fingerprint density at radius 3 is 2.64 bits per heavy atom. The van der Waals surface area contributed by atoms with Crippen molar-refractivity contribution < 1.29 is 8.42 Å². The molecule has 1 aromatic heterocycles. The number of fused-ring (bicyclic) bond motifs is 1. The van der Waals surface area contributed by atoms with Crippen LogP contribution in [-0.4, -0.2) is 18.0 Å². The van der Waals surface area contributed by atoms with Crippen LogP contribution in [0.1, 0.15) is 5.56 Å². The van der Waals surface area contributed by atoms with Gasteiger partial charge in [-0.1, -0.05) is 23.7 Å². The SMILES string of the molecule is Cn1cnc2cc(NS(=O)(=O)Cc3ccc(Cl)cc3)ccc21. The summed E-state index contributed by atoms with van der Waals surface area (Å²) in [7, 11) is -1.60. The molecule has 114 valence electrons. The van der Waals surface area contributed by atoms with Gasteiger partial charge in [0.25, 0.3) is 0 Å². The molecule has 1 N–H and O–H groups in total. The van der Waals surface area contributed by atoms with Gasteiger partial charge in [0.1, 0.15) is 0 Å². The fraction of sp³-hybridized carbons (Fsp3) is 0.133. The van der Waals surface area contributed by atoms with Crippen LogP contribution in [0.25, 0.3) is 11.0 Å². The largest absolute Gasteiger partial charge is 0.334 e. The van der Waals surface area contributed by atoms with Crippen molar-refractivity contribution in [3.8, 4) is 0 Å². The van der Waals surface area contributed by atoms with Gasteiger partial charge in [-0.3, -0.25) is 4.72 Å². The average Bonchev–Trinajstić information content (AvgIpc) is 2.82. The molecule has 22 heavy (non-hydrogen) atoms. The number of halogens is 1. The monoisotopic (exact) mass is 335 g/mol. The minimum absolute atomic E-state index is 0.107. The summed E-state index contributed by atoms with van der Waals surface area (Å²) in [6, 6.07) is 12.0. The number of nitrogens with zero attached hydrogens (tertiary/aromatic N) is 2. The van der Waals surface area contributed by atoms with Crippen LogP contribution in [-0.2, 0) is 22.8 Å². The number of imidazole rings is 1. The molecule has 0 fully saturated rings. The first-order chi connectivity index (χ1) is 10.4. The number of anilines is 1. The topological polar surface area (TPSA) is 64.0 Å². The van der Waals surface area contributed by atoms with Gasteiger partial charge in [-0.2, -0.15) is 0 Å². The van der Waals surface area contributed by atoms with Crippen LogP contribution in [0.15, 0.2) is 48.8 Å². The molecule has 0 bridgehead atoms. The lowest BCUT2D eigenvalue weighted by molar-refractivity contribution is 0.600. The Kier molecular flexibility index (Phi) is 3.80. The van der Waals surface area contributed by atoms with E-state index in [-0.39, 0.29) is 5.75 Å². The third kappa shape index (κ3) is 3.23. The molecule has 0 spiro atoms. The highest BCUT2D eigenvalue weighted by Gasteiger charge is 2.12. The van der Waals surface area contributed by atoms with Gasteiger partial charge in [0.05, 0.1) is 28.8 Å². The van der Waals surface area contributed by atoms with Crippen molar-refractivity contribution in [3.05, 3.63) is 59.4 Å². The van der Waals surface area contributed by atoms with Crippen LogP contribution in [0.2, 0.25) is 5.02 Å². The fourth-order valence-corrected chi connectivity index (χ4v) is 3.53. The molecule has 0 radical (unpaired) electrons. The molecule has 0 saturated heterocycles. The molecule has 0 unspecified atom stereocenters. The Bertz CT molecular complexity index is 918. The molecule has 3 aromatic rings. The molecule has 0 aliphatic rings. The van der Waals surface area contributed by atoms with E-state index in [1.165, 1.54) is 0 Å². The molecular formula is C15H14ClN3O2S. The van der Waals surface area contributed by atoms with Gasteiger partial charge in [0.15, 0.2) is 0 Å². The second-order valence-corrected chi connectivity index (χ2v) is 7.21. The number of benzene rings is 2. The van der Waals surface area contributed by atoms with E-state index in [1.807, 2.05) is 17.7 Å². The number of hydrogen-bond donors (Lipinski definition) is 1. The maximum absolute atomic E-state index is 12.2. The van der Waals surface area contributed by atoms with E-state index in [0.29, 0.717) is 16.3 Å². The van der Waals surface area contributed by atoms with Gasteiger partial charge in [-0.05, 0) is 35.9 Å². The van der Waals surface area contributed by atoms with Crippen LogP contribution in [0.3, 0.4) is 0 Å². The Balaban J connectivity index is 1.81. The molecule has 5 nitrogen and oxygen atoms in total. The predicted octanol–water partition coefficient (Wildman–Crippen LogP) is 3.17. The van der Waals surface area contributed by atoms with Crippen molar-refractivity contribution in [2.75, 3.05) is 4.72 Å². The summed E-state index contributed by atoms with van der Waals surface area (Å²) < 4.78 is 28.9. The summed E-state index contributed by atoms with van der Waals surface area (Å²) in [6.07, 6.45) is 1.69. The molecule has 7 heteroatoms. The molecule has 2 aromatic carbocycles. The van der Waals surface area contributed by atoms with E-state index in [1.54, 1.807) is 42.7 Å². The Labute approximate surface area is 133 Å². The van der Waals surface area contributed by atoms with E-state index in [4.69, 9.17) is 11.6 Å². The quantitative estimate of drug-likeness (QED) is 0.796. The van der Waals surface area contributed by atoms with Gasteiger partial charge in [-0.15, -0.1) is 0 Å². The van der Waals surface area contributed by atoms with E-state index < -0.39 is 10.0 Å². The molecule has 3 rings (SSSR count). The summed E-state index contributed by atoms with van der Waals surface area (Å²) in [5, 5.41) is 0.578. The maximum Gasteiger partial charge on any atom is 0.236 e. The Morgan fingerprint density at radius 1 is 1.18 bits per heavy atom. The van der Waals surface area contributed by atoms with Crippen molar-refractivity contribution in [3.63, 3.8) is 0 Å². The van der Waals surface area contributed by atoms with Crippen LogP contribution < -0.4 is 4.72 Å². The highest BCUT2D eigenvalue weighted by atomic mass is 35.5. The standard InChI is InChI=1S/C15H14ClN3O2S/c1-19-10-17-14-8-13(6-7-15(14)19)18-22(20,21)9-11-2-4-12(16)5-3-11/h2-8,10,18H,9H2,1H3. The lowest BCUT2D eigenvalue weighted by atomic mass is 10.2. The fourth-order valence-electron chi connectivity index (χ4n) is 2.22. The maximum atomic E-state index is 12.2. The van der Waals surface area contributed by atoms with Gasteiger partial charge in [0, 0.05) is 12.1 Å². The molecule has 0 amide bonds. The summed E-state index contributed by atoms with van der Waals surface area (Å²) in [6.45, 7) is 0. The van der Waals surface area contributed by atoms with Crippen molar-refractivity contribution in [1.82, 2.24) is 9.55 Å². The molecule has 0 saturated carbocycles. The lowest BCUT2D eigenvalue weighted by Gasteiger charge is -2.08. The second-order valence-electron chi connectivity index (χ2n) is 5.05. The first-order valence-corrected chi connectivity index (χ1v) is 8.62. The summed E-state index contributed by atoms with van der Waals surface area (Å²) >= 11 is 5.80. The molecular weight excluding hydrogens is 322 g/mol. The van der Waals surface area contributed by atoms with Crippen LogP contribution >= 0.6 is 11.6 Å². The zero-order chi connectivity index (χ0) is 15.7. The third-order valence-corrected chi connectivity index (χ3v) is 4.78. The van der Waals surface area contributed by atoms with E-state index in [9.17, 15) is 8.42 Å². The van der Waals surface area contributed by atoms with Crippen molar-refractivity contribution >= 4 is 38.3 Å². The number of aryl methyl sites for hydroxylation is 1. The predicted molar refractivity (Wildman–Crippen MR) is 88.4 cm³/mol. The van der Waals surface area contributed by atoms with E-state index in [2.05, 4.69) is 9.71 Å². The molecule has 0 aliphatic carbocycles. The first-order valence-electron chi connectivity index (χ1n) is 6.59. The summed E-state index contributed by atoms with van der Waals surface area (Å²) in [5.41, 5.74) is 2.87. The second kappa shape index (κ2) is 5.62. The highest BCUT2D eigenvalue weighted by Crippen LogP contribution is 2.19. The average molecular weight is 336 g/mol. The highest BCUT2D eigenvalue weighted by molar-refractivity contribution is 7.91. The van der Waals surface area contributed by atoms with Crippen molar-refractivity contribution in [1.29, 1.82) is 0 Å². The molecule has 1 heterocycles. The van der Waals surface area contributed by atoms with Crippen molar-refractivity contribution in [2.45, 2.75) is 5.75 Å². The van der Waals surface area contributed by atoms with E-state index in [0.717, 1.165) is 11.0 Å². The van der Waals surface area contributed by atoms with Crippen LogP contribution in [0.5, 0.6) is 0 Å². The first kappa shape index (κ1) is 14.9. The van der Waals surface area contributed by atoms with Gasteiger partial charge < -0.3 is 4.57 Å². The number of hydrogen-bond acceptors (Lipinski definition) is 3. The lowest BCUT2D eigenvalue weighted by Crippen LogP contribution is -2.15. The minimum Gasteiger partial charge on any atom is -0.334 e. The zero-order valence-electron chi connectivity index (χ0n) is 11.8. The van der Waals surface area contributed by atoms with Gasteiger partial charge >= 0.3 is 0 Å². The molecule has 0 aliphatic heterocycles.